The topological polar surface area (TPSA) is 40.6 Å². The van der Waals surface area contributed by atoms with E-state index in [2.05, 4.69) is 86.3 Å². The van der Waals surface area contributed by atoms with Crippen LogP contribution in [0.15, 0.2) is 60.7 Å². The van der Waals surface area contributed by atoms with Crippen molar-refractivity contribution in [1.29, 1.82) is 0 Å². The molecule has 4 nitrogen and oxygen atoms in total. The van der Waals surface area contributed by atoms with Crippen LogP contribution < -0.4 is 0 Å². The number of carbonyl (C=O) groups excluding carboxylic acids is 2. The van der Waals surface area contributed by atoms with Crippen LogP contribution in [0.25, 0.3) is 0 Å². The minimum Gasteiger partial charge on any atom is -0.343 e. The lowest BCUT2D eigenvalue weighted by molar-refractivity contribution is -0.131. The lowest BCUT2D eigenvalue weighted by atomic mass is 9.67. The molecule has 0 saturated carbocycles. The molecule has 0 aromatic heterocycles. The first-order chi connectivity index (χ1) is 16.7. The molecule has 0 radical (unpaired) electrons. The Hall–Kier alpha value is -2.46. The molecule has 2 aliphatic rings. The molecule has 2 fully saturated rings. The van der Waals surface area contributed by atoms with Gasteiger partial charge in [0.1, 0.15) is 5.78 Å². The molecule has 2 aromatic rings. The lowest BCUT2D eigenvalue weighted by Crippen LogP contribution is -2.49. The summed E-state index contributed by atoms with van der Waals surface area (Å²) in [5.74, 6) is 1.45. The molecule has 0 spiro atoms. The van der Waals surface area contributed by atoms with Crippen molar-refractivity contribution in [2.45, 2.75) is 59.4 Å². The van der Waals surface area contributed by atoms with Crippen LogP contribution in [0.1, 0.15) is 70.5 Å². The van der Waals surface area contributed by atoms with Gasteiger partial charge >= 0.3 is 0 Å². The van der Waals surface area contributed by atoms with Crippen LogP contribution in [0.2, 0.25) is 0 Å². The van der Waals surface area contributed by atoms with E-state index in [-0.39, 0.29) is 23.3 Å². The Bertz CT molecular complexity index is 935. The number of piperidine rings is 2. The maximum Gasteiger partial charge on any atom is 0.219 e. The summed E-state index contributed by atoms with van der Waals surface area (Å²) in [6.45, 7) is 12.0. The Morgan fingerprint density at radius 1 is 0.857 bits per heavy atom. The zero-order chi connectivity index (χ0) is 25.0. The highest BCUT2D eigenvalue weighted by molar-refractivity contribution is 5.82. The maximum absolute atomic E-state index is 13.7. The van der Waals surface area contributed by atoms with Gasteiger partial charge in [0, 0.05) is 38.9 Å². The molecule has 1 amide bonds. The van der Waals surface area contributed by atoms with E-state index in [1.165, 1.54) is 11.1 Å². The van der Waals surface area contributed by atoms with Gasteiger partial charge in [-0.25, -0.2) is 0 Å². The molecule has 2 aliphatic heterocycles. The molecule has 2 aromatic carbocycles. The van der Waals surface area contributed by atoms with Gasteiger partial charge in [-0.1, -0.05) is 81.4 Å². The zero-order valence-corrected chi connectivity index (χ0v) is 22.0. The van der Waals surface area contributed by atoms with Gasteiger partial charge in [-0.05, 0) is 54.2 Å². The van der Waals surface area contributed by atoms with E-state index in [9.17, 15) is 9.59 Å². The predicted molar refractivity (Wildman–Crippen MR) is 142 cm³/mol. The summed E-state index contributed by atoms with van der Waals surface area (Å²) in [5, 5.41) is 0. The number of likely N-dealkylation sites (tertiary alicyclic amines) is 2. The van der Waals surface area contributed by atoms with Gasteiger partial charge in [0.05, 0.1) is 6.04 Å². The maximum atomic E-state index is 13.7. The summed E-state index contributed by atoms with van der Waals surface area (Å²) in [6.07, 6.45) is 3.50. The van der Waals surface area contributed by atoms with Gasteiger partial charge in [0.15, 0.2) is 0 Å². The Labute approximate surface area is 211 Å². The van der Waals surface area contributed by atoms with Crippen LogP contribution >= 0.6 is 0 Å². The number of ketones is 1. The molecular formula is C31H42N2O2. The van der Waals surface area contributed by atoms with Crippen LogP contribution in [0.5, 0.6) is 0 Å². The Morgan fingerprint density at radius 3 is 1.89 bits per heavy atom. The zero-order valence-electron chi connectivity index (χ0n) is 22.0. The molecule has 0 N–H and O–H groups in total. The number of nitrogens with zero attached hydrogens (tertiary/aromatic N) is 2. The first-order valence-corrected chi connectivity index (χ1v) is 13.4. The number of hydrogen-bond donors (Lipinski definition) is 0. The summed E-state index contributed by atoms with van der Waals surface area (Å²) in [5.41, 5.74) is 2.68. The van der Waals surface area contributed by atoms with E-state index in [0.717, 1.165) is 45.4 Å². The van der Waals surface area contributed by atoms with Crippen LogP contribution in [-0.4, -0.2) is 47.7 Å². The number of amides is 1. The van der Waals surface area contributed by atoms with Gasteiger partial charge in [0.25, 0.3) is 0 Å². The summed E-state index contributed by atoms with van der Waals surface area (Å²) in [4.78, 5) is 29.9. The predicted octanol–water partition coefficient (Wildman–Crippen LogP) is 5.98. The quantitative estimate of drug-likeness (QED) is 0.517. The second-order valence-corrected chi connectivity index (χ2v) is 11.7. The van der Waals surface area contributed by atoms with Crippen molar-refractivity contribution in [1.82, 2.24) is 9.80 Å². The normalized spacial score (nSPS) is 22.4. The van der Waals surface area contributed by atoms with Crippen molar-refractivity contribution >= 4 is 11.7 Å². The van der Waals surface area contributed by atoms with E-state index in [1.807, 2.05) is 4.90 Å². The summed E-state index contributed by atoms with van der Waals surface area (Å²) in [7, 11) is 0. The van der Waals surface area contributed by atoms with Gasteiger partial charge in [0.2, 0.25) is 5.91 Å². The third-order valence-electron chi connectivity index (χ3n) is 8.32. The first-order valence-electron chi connectivity index (χ1n) is 13.4. The standard InChI is InChI=1S/C31H42N2O2/c1-23(34)32-18-15-24(16-19-32)21-29(35)27-17-20-33(22-28(27)31(2,3)4)30(25-11-7-5-8-12-25)26-13-9-6-10-14-26/h5-14,24,27-28,30H,15-22H2,1-4H3. The SMILES string of the molecule is CC(=O)N1CCC(CC(=O)C2CCN(C(c3ccccc3)c3ccccc3)CC2C(C)(C)C)CC1. The molecule has 2 unspecified atom stereocenters. The van der Waals surface area contributed by atoms with E-state index in [4.69, 9.17) is 0 Å². The second-order valence-electron chi connectivity index (χ2n) is 11.7. The van der Waals surface area contributed by atoms with Crippen LogP contribution in [0.4, 0.5) is 0 Å². The van der Waals surface area contributed by atoms with Crippen LogP contribution in [-0.2, 0) is 9.59 Å². The van der Waals surface area contributed by atoms with Crippen molar-refractivity contribution in [3.63, 3.8) is 0 Å². The van der Waals surface area contributed by atoms with Gasteiger partial charge in [-0.2, -0.15) is 0 Å². The van der Waals surface area contributed by atoms with Crippen molar-refractivity contribution in [2.24, 2.45) is 23.2 Å². The van der Waals surface area contributed by atoms with E-state index in [0.29, 0.717) is 24.0 Å². The third kappa shape index (κ3) is 6.22. The molecule has 35 heavy (non-hydrogen) atoms. The fraction of sp³-hybridized carbons (Fsp3) is 0.548. The first kappa shape index (κ1) is 25.6. The molecule has 2 heterocycles. The molecule has 4 heteroatoms. The lowest BCUT2D eigenvalue weighted by Gasteiger charge is -2.47. The molecular weight excluding hydrogens is 432 g/mol. The minimum absolute atomic E-state index is 0.0505. The largest absolute Gasteiger partial charge is 0.343 e. The van der Waals surface area contributed by atoms with E-state index < -0.39 is 0 Å². The molecule has 0 aliphatic carbocycles. The molecule has 4 rings (SSSR count). The molecule has 188 valence electrons. The average molecular weight is 475 g/mol. The van der Waals surface area contributed by atoms with Crippen molar-refractivity contribution in [3.05, 3.63) is 71.8 Å². The number of Topliss-reactive ketones (excluding diaryl/α,β-unsaturated/α-hetero) is 1. The Balaban J connectivity index is 1.50. The van der Waals surface area contributed by atoms with Crippen LogP contribution in [0.3, 0.4) is 0 Å². The molecule has 0 bridgehead atoms. The van der Waals surface area contributed by atoms with E-state index in [1.54, 1.807) is 6.92 Å². The fourth-order valence-corrected chi connectivity index (χ4v) is 6.25. The number of carbonyl (C=O) groups is 2. The Kier molecular flexibility index (Phi) is 8.11. The van der Waals surface area contributed by atoms with Gasteiger partial charge in [-0.3, -0.25) is 14.5 Å². The number of hydrogen-bond acceptors (Lipinski definition) is 3. The van der Waals surface area contributed by atoms with Crippen molar-refractivity contribution < 1.29 is 9.59 Å². The Morgan fingerprint density at radius 2 is 1.40 bits per heavy atom. The fourth-order valence-electron chi connectivity index (χ4n) is 6.25. The van der Waals surface area contributed by atoms with Gasteiger partial charge in [-0.15, -0.1) is 0 Å². The smallest absolute Gasteiger partial charge is 0.219 e. The minimum atomic E-state index is 0.0505. The summed E-state index contributed by atoms with van der Waals surface area (Å²) >= 11 is 0. The van der Waals surface area contributed by atoms with Crippen molar-refractivity contribution in [2.75, 3.05) is 26.2 Å². The highest BCUT2D eigenvalue weighted by Gasteiger charge is 2.42. The average Bonchev–Trinajstić information content (AvgIpc) is 2.85. The molecule has 2 atom stereocenters. The van der Waals surface area contributed by atoms with Crippen molar-refractivity contribution in [3.8, 4) is 0 Å². The monoisotopic (exact) mass is 474 g/mol. The summed E-state index contributed by atoms with van der Waals surface area (Å²) in [6, 6.07) is 21.8. The number of rotatable bonds is 6. The van der Waals surface area contributed by atoms with Crippen LogP contribution in [0, 0.1) is 23.2 Å². The summed E-state index contributed by atoms with van der Waals surface area (Å²) < 4.78 is 0. The third-order valence-corrected chi connectivity index (χ3v) is 8.32. The highest BCUT2D eigenvalue weighted by atomic mass is 16.2. The van der Waals surface area contributed by atoms with E-state index >= 15 is 0 Å². The number of benzene rings is 2. The molecule has 2 saturated heterocycles. The van der Waals surface area contributed by atoms with Gasteiger partial charge < -0.3 is 4.90 Å². The highest BCUT2D eigenvalue weighted by Crippen LogP contribution is 2.42. The second kappa shape index (κ2) is 11.1.